The lowest BCUT2D eigenvalue weighted by atomic mass is 10.1. The Morgan fingerprint density at radius 3 is 2.50 bits per heavy atom. The van der Waals surface area contributed by atoms with Gasteiger partial charge in [-0.3, -0.25) is 4.79 Å². The number of hydrogen-bond acceptors (Lipinski definition) is 3. The number of nitriles is 1. The van der Waals surface area contributed by atoms with Gasteiger partial charge in [0.05, 0.1) is 0 Å². The molecule has 122 valence electrons. The Bertz CT molecular complexity index is 793. The second-order valence-electron chi connectivity index (χ2n) is 4.91. The predicted octanol–water partition coefficient (Wildman–Crippen LogP) is 4.14. The lowest BCUT2D eigenvalue weighted by Crippen LogP contribution is -2.13. The number of nitrogens with zero attached hydrogens (tertiary/aromatic N) is 1. The lowest BCUT2D eigenvalue weighted by molar-refractivity contribution is -0.112. The number of ether oxygens (including phenoxy) is 1. The second kappa shape index (κ2) is 7.88. The van der Waals surface area contributed by atoms with Crippen molar-refractivity contribution in [2.24, 2.45) is 0 Å². The summed E-state index contributed by atoms with van der Waals surface area (Å²) in [5.41, 5.74) is 1.56. The number of carbonyl (C=O) groups excluding carboxylic acids is 1. The standard InChI is InChI=1S/C18H14F2N2O2/c1-12-6-8-15(9-7-12)22-17(23)14(11-21)10-13-4-2-3-5-16(13)24-18(19)20/h2-10,18H,1H3,(H,22,23). The summed E-state index contributed by atoms with van der Waals surface area (Å²) in [5.74, 6) is -0.739. The molecule has 2 aromatic rings. The average molecular weight is 328 g/mol. The van der Waals surface area contributed by atoms with Crippen LogP contribution in [0.5, 0.6) is 5.75 Å². The maximum absolute atomic E-state index is 12.4. The number of rotatable bonds is 5. The van der Waals surface area contributed by atoms with Crippen molar-refractivity contribution in [3.8, 4) is 11.8 Å². The summed E-state index contributed by atoms with van der Waals surface area (Å²) in [7, 11) is 0. The monoisotopic (exact) mass is 328 g/mol. The summed E-state index contributed by atoms with van der Waals surface area (Å²) in [6.45, 7) is -1.09. The van der Waals surface area contributed by atoms with E-state index in [9.17, 15) is 18.8 Å². The first-order valence-electron chi connectivity index (χ1n) is 7.03. The number of halogens is 2. The Balaban J connectivity index is 2.24. The Kier molecular flexibility index (Phi) is 5.63. The van der Waals surface area contributed by atoms with Crippen LogP contribution in [-0.2, 0) is 4.79 Å². The van der Waals surface area contributed by atoms with Gasteiger partial charge in [0.15, 0.2) is 0 Å². The molecule has 0 heterocycles. The first kappa shape index (κ1) is 17.2. The van der Waals surface area contributed by atoms with Crippen molar-refractivity contribution in [3.05, 3.63) is 65.2 Å². The quantitative estimate of drug-likeness (QED) is 0.663. The van der Waals surface area contributed by atoms with E-state index in [1.807, 2.05) is 19.1 Å². The molecule has 0 radical (unpaired) electrons. The van der Waals surface area contributed by atoms with Crippen LogP contribution in [0.15, 0.2) is 54.1 Å². The van der Waals surface area contributed by atoms with Crippen molar-refractivity contribution in [3.63, 3.8) is 0 Å². The molecule has 0 aliphatic rings. The third kappa shape index (κ3) is 4.65. The molecule has 0 saturated heterocycles. The topological polar surface area (TPSA) is 62.1 Å². The second-order valence-corrected chi connectivity index (χ2v) is 4.91. The molecule has 2 aromatic carbocycles. The third-order valence-electron chi connectivity index (χ3n) is 3.11. The van der Waals surface area contributed by atoms with Gasteiger partial charge in [0.25, 0.3) is 5.91 Å². The zero-order valence-electron chi connectivity index (χ0n) is 12.8. The van der Waals surface area contributed by atoms with Crippen LogP contribution in [0.4, 0.5) is 14.5 Å². The maximum atomic E-state index is 12.4. The average Bonchev–Trinajstić information content (AvgIpc) is 2.55. The van der Waals surface area contributed by atoms with Gasteiger partial charge < -0.3 is 10.1 Å². The summed E-state index contributed by atoms with van der Waals surface area (Å²) in [5, 5.41) is 11.8. The molecule has 1 amide bonds. The zero-order valence-corrected chi connectivity index (χ0v) is 12.8. The van der Waals surface area contributed by atoms with Crippen molar-refractivity contribution in [2.75, 3.05) is 5.32 Å². The van der Waals surface area contributed by atoms with Crippen molar-refractivity contribution in [1.29, 1.82) is 5.26 Å². The van der Waals surface area contributed by atoms with Crippen molar-refractivity contribution >= 4 is 17.7 Å². The van der Waals surface area contributed by atoms with Crippen LogP contribution >= 0.6 is 0 Å². The summed E-state index contributed by atoms with van der Waals surface area (Å²) in [6.07, 6.45) is 1.21. The van der Waals surface area contributed by atoms with Gasteiger partial charge in [0, 0.05) is 11.3 Å². The molecule has 0 aliphatic carbocycles. The first-order valence-corrected chi connectivity index (χ1v) is 7.03. The van der Waals surface area contributed by atoms with Crippen LogP contribution in [0.25, 0.3) is 6.08 Å². The fourth-order valence-electron chi connectivity index (χ4n) is 1.94. The molecule has 6 heteroatoms. The zero-order chi connectivity index (χ0) is 17.5. The molecule has 4 nitrogen and oxygen atoms in total. The minimum absolute atomic E-state index is 0.108. The van der Waals surface area contributed by atoms with E-state index in [1.165, 1.54) is 24.3 Å². The Morgan fingerprint density at radius 1 is 1.21 bits per heavy atom. The van der Waals surface area contributed by atoms with Crippen molar-refractivity contribution < 1.29 is 18.3 Å². The number of hydrogen-bond donors (Lipinski definition) is 1. The minimum Gasteiger partial charge on any atom is -0.434 e. The van der Waals surface area contributed by atoms with Crippen LogP contribution < -0.4 is 10.1 Å². The molecular formula is C18H14F2N2O2. The molecule has 0 aliphatic heterocycles. The van der Waals surface area contributed by atoms with E-state index in [4.69, 9.17) is 0 Å². The van der Waals surface area contributed by atoms with Gasteiger partial charge in [0.1, 0.15) is 17.4 Å². The van der Waals surface area contributed by atoms with Crippen LogP contribution in [-0.4, -0.2) is 12.5 Å². The van der Waals surface area contributed by atoms with Gasteiger partial charge >= 0.3 is 6.61 Å². The molecule has 0 fully saturated rings. The van der Waals surface area contributed by atoms with Crippen LogP contribution in [0.2, 0.25) is 0 Å². The summed E-state index contributed by atoms with van der Waals surface area (Å²) >= 11 is 0. The number of alkyl halides is 2. The number of aryl methyl sites for hydroxylation is 1. The highest BCUT2D eigenvalue weighted by molar-refractivity contribution is 6.09. The first-order chi connectivity index (χ1) is 11.5. The van der Waals surface area contributed by atoms with Crippen LogP contribution in [0, 0.1) is 18.3 Å². The number of benzene rings is 2. The minimum atomic E-state index is -2.99. The number of anilines is 1. The Morgan fingerprint density at radius 2 is 1.88 bits per heavy atom. The summed E-state index contributed by atoms with van der Waals surface area (Å²) < 4.78 is 29.2. The van der Waals surface area contributed by atoms with Crippen molar-refractivity contribution in [2.45, 2.75) is 13.5 Å². The highest BCUT2D eigenvalue weighted by atomic mass is 19.3. The number of para-hydroxylation sites is 1. The van der Waals surface area contributed by atoms with Gasteiger partial charge in [-0.05, 0) is 31.2 Å². The summed E-state index contributed by atoms with van der Waals surface area (Å²) in [4.78, 5) is 12.2. The summed E-state index contributed by atoms with van der Waals surface area (Å²) in [6, 6.07) is 14.7. The smallest absolute Gasteiger partial charge is 0.387 e. The molecule has 0 bridgehead atoms. The fourth-order valence-corrected chi connectivity index (χ4v) is 1.94. The molecule has 0 spiro atoms. The SMILES string of the molecule is Cc1ccc(NC(=O)C(C#N)=Cc2ccccc2OC(F)F)cc1. The van der Waals surface area contributed by atoms with Crippen LogP contribution in [0.3, 0.4) is 0 Å². The predicted molar refractivity (Wildman–Crippen MR) is 86.5 cm³/mol. The normalized spacial score (nSPS) is 11.0. The molecule has 0 atom stereocenters. The molecule has 0 aromatic heterocycles. The highest BCUT2D eigenvalue weighted by Gasteiger charge is 2.13. The largest absolute Gasteiger partial charge is 0.434 e. The fraction of sp³-hybridized carbons (Fsp3) is 0.111. The van der Waals surface area contributed by atoms with Gasteiger partial charge in [-0.1, -0.05) is 35.9 Å². The van der Waals surface area contributed by atoms with Gasteiger partial charge in [0.2, 0.25) is 0 Å². The van der Waals surface area contributed by atoms with Gasteiger partial charge in [-0.25, -0.2) is 0 Å². The van der Waals surface area contributed by atoms with E-state index in [0.717, 1.165) is 5.56 Å². The molecule has 2 rings (SSSR count). The highest BCUT2D eigenvalue weighted by Crippen LogP contribution is 2.23. The van der Waals surface area contributed by atoms with Crippen LogP contribution in [0.1, 0.15) is 11.1 Å². The van der Waals surface area contributed by atoms with E-state index >= 15 is 0 Å². The van der Waals surface area contributed by atoms with E-state index in [2.05, 4.69) is 10.1 Å². The molecule has 0 unspecified atom stereocenters. The van der Waals surface area contributed by atoms with Crippen molar-refractivity contribution in [1.82, 2.24) is 0 Å². The Hall–Kier alpha value is -3.20. The molecule has 24 heavy (non-hydrogen) atoms. The van der Waals surface area contributed by atoms with Gasteiger partial charge in [-0.2, -0.15) is 14.0 Å². The lowest BCUT2D eigenvalue weighted by Gasteiger charge is -2.08. The van der Waals surface area contributed by atoms with Gasteiger partial charge in [-0.15, -0.1) is 0 Å². The maximum Gasteiger partial charge on any atom is 0.387 e. The Labute approximate surface area is 138 Å². The number of nitrogens with one attached hydrogen (secondary N) is 1. The molecular weight excluding hydrogens is 314 g/mol. The van der Waals surface area contributed by atoms with E-state index in [0.29, 0.717) is 5.69 Å². The van der Waals surface area contributed by atoms with E-state index in [1.54, 1.807) is 24.3 Å². The van der Waals surface area contributed by atoms with E-state index in [-0.39, 0.29) is 16.9 Å². The number of carbonyl (C=O) groups is 1. The molecule has 0 saturated carbocycles. The number of amides is 1. The third-order valence-corrected chi connectivity index (χ3v) is 3.11. The molecule has 1 N–H and O–H groups in total. The van der Waals surface area contributed by atoms with E-state index < -0.39 is 12.5 Å².